The molecule has 2 saturated heterocycles. The molecular formula is C19H40IN5O. The zero-order chi connectivity index (χ0) is 18.1. The van der Waals surface area contributed by atoms with E-state index in [9.17, 15) is 0 Å². The minimum atomic E-state index is 0. The molecule has 2 aliphatic rings. The van der Waals surface area contributed by atoms with Crippen LogP contribution in [0.2, 0.25) is 0 Å². The SMILES string of the molecule is CCNC(=NCC(C)(C)N1CCCC(C)C1)NCCN1CCOCC1.I. The smallest absolute Gasteiger partial charge is 0.191 e. The lowest BCUT2D eigenvalue weighted by Gasteiger charge is -2.42. The summed E-state index contributed by atoms with van der Waals surface area (Å²) in [5.41, 5.74) is 0.112. The topological polar surface area (TPSA) is 52.1 Å². The molecule has 1 atom stereocenters. The van der Waals surface area contributed by atoms with Crippen molar-refractivity contribution in [1.82, 2.24) is 20.4 Å². The first-order valence-electron chi connectivity index (χ1n) is 10.1. The fraction of sp³-hybridized carbons (Fsp3) is 0.947. The summed E-state index contributed by atoms with van der Waals surface area (Å²) in [6.45, 7) is 19.0. The highest BCUT2D eigenvalue weighted by Crippen LogP contribution is 2.24. The second kappa shape index (κ2) is 12.4. The van der Waals surface area contributed by atoms with Gasteiger partial charge in [0.15, 0.2) is 5.96 Å². The summed E-state index contributed by atoms with van der Waals surface area (Å²) in [7, 11) is 0. The molecule has 0 aromatic heterocycles. The minimum absolute atomic E-state index is 0. The summed E-state index contributed by atoms with van der Waals surface area (Å²) in [5, 5.41) is 6.87. The van der Waals surface area contributed by atoms with Gasteiger partial charge in [0.2, 0.25) is 0 Å². The number of piperidine rings is 1. The van der Waals surface area contributed by atoms with Crippen molar-refractivity contribution in [2.75, 3.05) is 65.6 Å². The predicted octanol–water partition coefficient (Wildman–Crippen LogP) is 2.00. The Balaban J connectivity index is 0.00000338. The zero-order valence-corrected chi connectivity index (χ0v) is 19.6. The van der Waals surface area contributed by atoms with Gasteiger partial charge >= 0.3 is 0 Å². The van der Waals surface area contributed by atoms with Crippen molar-refractivity contribution < 1.29 is 4.74 Å². The lowest BCUT2D eigenvalue weighted by Crippen LogP contribution is -2.51. The van der Waals surface area contributed by atoms with Crippen LogP contribution in [0, 0.1) is 5.92 Å². The highest BCUT2D eigenvalue weighted by atomic mass is 127. The Kier molecular flexibility index (Phi) is 11.4. The van der Waals surface area contributed by atoms with Crippen LogP contribution in [0.3, 0.4) is 0 Å². The van der Waals surface area contributed by atoms with E-state index in [4.69, 9.17) is 9.73 Å². The third-order valence-corrected chi connectivity index (χ3v) is 5.31. The Hall–Kier alpha value is -0.120. The number of nitrogens with one attached hydrogen (secondary N) is 2. The van der Waals surface area contributed by atoms with E-state index in [2.05, 4.69) is 48.1 Å². The van der Waals surface area contributed by atoms with Gasteiger partial charge in [-0.3, -0.25) is 14.8 Å². The molecule has 0 saturated carbocycles. The van der Waals surface area contributed by atoms with Crippen LogP contribution in [0.25, 0.3) is 0 Å². The highest BCUT2D eigenvalue weighted by molar-refractivity contribution is 14.0. The largest absolute Gasteiger partial charge is 0.379 e. The van der Waals surface area contributed by atoms with Gasteiger partial charge in [0.05, 0.1) is 19.8 Å². The molecule has 0 aromatic carbocycles. The zero-order valence-electron chi connectivity index (χ0n) is 17.2. The number of likely N-dealkylation sites (tertiary alicyclic amines) is 1. The molecule has 2 rings (SSSR count). The molecule has 0 spiro atoms. The molecule has 2 heterocycles. The molecule has 0 radical (unpaired) electrons. The lowest BCUT2D eigenvalue weighted by molar-refractivity contribution is 0.0389. The Bertz CT molecular complexity index is 413. The van der Waals surface area contributed by atoms with Gasteiger partial charge < -0.3 is 15.4 Å². The Labute approximate surface area is 177 Å². The molecule has 0 bridgehead atoms. The molecule has 26 heavy (non-hydrogen) atoms. The highest BCUT2D eigenvalue weighted by Gasteiger charge is 2.30. The van der Waals surface area contributed by atoms with Crippen LogP contribution in [-0.2, 0) is 4.74 Å². The maximum absolute atomic E-state index is 5.40. The van der Waals surface area contributed by atoms with Crippen molar-refractivity contribution in [2.24, 2.45) is 10.9 Å². The van der Waals surface area contributed by atoms with Crippen LogP contribution in [0.4, 0.5) is 0 Å². The summed E-state index contributed by atoms with van der Waals surface area (Å²) in [4.78, 5) is 9.93. The maximum atomic E-state index is 5.40. The van der Waals surface area contributed by atoms with Crippen molar-refractivity contribution in [3.63, 3.8) is 0 Å². The first-order chi connectivity index (χ1) is 12.0. The Morgan fingerprint density at radius 3 is 2.58 bits per heavy atom. The van der Waals surface area contributed by atoms with E-state index >= 15 is 0 Å². The number of rotatable bonds is 7. The van der Waals surface area contributed by atoms with E-state index in [-0.39, 0.29) is 29.5 Å². The lowest BCUT2D eigenvalue weighted by atomic mass is 9.94. The summed E-state index contributed by atoms with van der Waals surface area (Å²) >= 11 is 0. The molecule has 1 unspecified atom stereocenters. The fourth-order valence-corrected chi connectivity index (χ4v) is 3.61. The number of guanidine groups is 1. The predicted molar refractivity (Wildman–Crippen MR) is 121 cm³/mol. The van der Waals surface area contributed by atoms with Crippen molar-refractivity contribution >= 4 is 29.9 Å². The standard InChI is InChI=1S/C19H39N5O.HI/c1-5-20-18(21-8-10-23-11-13-25-14-12-23)22-16-19(3,4)24-9-6-7-17(2)15-24;/h17H,5-16H2,1-4H3,(H2,20,21,22);1H. The summed E-state index contributed by atoms with van der Waals surface area (Å²) in [6.07, 6.45) is 2.67. The van der Waals surface area contributed by atoms with Gasteiger partial charge in [0, 0.05) is 44.8 Å². The molecule has 154 valence electrons. The van der Waals surface area contributed by atoms with Crippen LogP contribution in [0.15, 0.2) is 4.99 Å². The molecule has 2 aliphatic heterocycles. The molecule has 7 heteroatoms. The monoisotopic (exact) mass is 481 g/mol. The number of hydrogen-bond acceptors (Lipinski definition) is 4. The quantitative estimate of drug-likeness (QED) is 0.331. The number of nitrogens with zero attached hydrogens (tertiary/aromatic N) is 3. The van der Waals surface area contributed by atoms with Gasteiger partial charge in [-0.25, -0.2) is 0 Å². The Morgan fingerprint density at radius 2 is 1.92 bits per heavy atom. The van der Waals surface area contributed by atoms with E-state index in [0.29, 0.717) is 0 Å². The van der Waals surface area contributed by atoms with E-state index in [0.717, 1.165) is 64.4 Å². The fourth-order valence-electron chi connectivity index (χ4n) is 3.61. The number of aliphatic imine (C=N–C) groups is 1. The molecule has 0 aliphatic carbocycles. The second-order valence-corrected chi connectivity index (χ2v) is 8.08. The van der Waals surface area contributed by atoms with Crippen LogP contribution in [-0.4, -0.2) is 86.9 Å². The average Bonchev–Trinajstić information content (AvgIpc) is 2.61. The first kappa shape index (κ1) is 23.9. The van der Waals surface area contributed by atoms with Gasteiger partial charge in [0.25, 0.3) is 0 Å². The molecule has 2 N–H and O–H groups in total. The van der Waals surface area contributed by atoms with Crippen LogP contribution >= 0.6 is 24.0 Å². The molecule has 0 amide bonds. The molecular weight excluding hydrogens is 441 g/mol. The van der Waals surface area contributed by atoms with Crippen molar-refractivity contribution in [3.05, 3.63) is 0 Å². The van der Waals surface area contributed by atoms with E-state index in [1.54, 1.807) is 0 Å². The van der Waals surface area contributed by atoms with Crippen LogP contribution < -0.4 is 10.6 Å². The van der Waals surface area contributed by atoms with Crippen LogP contribution in [0.5, 0.6) is 0 Å². The Morgan fingerprint density at radius 1 is 1.19 bits per heavy atom. The van der Waals surface area contributed by atoms with Crippen LogP contribution in [0.1, 0.15) is 40.5 Å². The third-order valence-electron chi connectivity index (χ3n) is 5.31. The number of ether oxygens (including phenoxy) is 1. The van der Waals surface area contributed by atoms with Gasteiger partial charge in [-0.05, 0) is 46.1 Å². The summed E-state index contributed by atoms with van der Waals surface area (Å²) in [5.74, 6) is 1.74. The average molecular weight is 481 g/mol. The first-order valence-corrected chi connectivity index (χ1v) is 10.1. The van der Waals surface area contributed by atoms with Crippen molar-refractivity contribution in [3.8, 4) is 0 Å². The molecule has 6 nitrogen and oxygen atoms in total. The number of hydrogen-bond donors (Lipinski definition) is 2. The maximum Gasteiger partial charge on any atom is 0.191 e. The van der Waals surface area contributed by atoms with Gasteiger partial charge in [-0.15, -0.1) is 24.0 Å². The van der Waals surface area contributed by atoms with Gasteiger partial charge in [-0.1, -0.05) is 6.92 Å². The number of halogens is 1. The summed E-state index contributed by atoms with van der Waals surface area (Å²) < 4.78 is 5.40. The summed E-state index contributed by atoms with van der Waals surface area (Å²) in [6, 6.07) is 0. The van der Waals surface area contributed by atoms with Crippen molar-refractivity contribution in [1.29, 1.82) is 0 Å². The second-order valence-electron chi connectivity index (χ2n) is 8.08. The third kappa shape index (κ3) is 8.27. The molecule has 2 fully saturated rings. The molecule has 0 aromatic rings. The number of morpholine rings is 1. The van der Waals surface area contributed by atoms with Gasteiger partial charge in [-0.2, -0.15) is 0 Å². The minimum Gasteiger partial charge on any atom is -0.379 e. The van der Waals surface area contributed by atoms with Crippen molar-refractivity contribution in [2.45, 2.75) is 46.1 Å². The van der Waals surface area contributed by atoms with Gasteiger partial charge in [0.1, 0.15) is 0 Å². The van der Waals surface area contributed by atoms with E-state index in [1.165, 1.54) is 25.9 Å². The van der Waals surface area contributed by atoms with E-state index in [1.807, 2.05) is 0 Å². The normalized spacial score (nSPS) is 23.4. The van der Waals surface area contributed by atoms with E-state index < -0.39 is 0 Å².